The van der Waals surface area contributed by atoms with Gasteiger partial charge in [-0.15, -0.1) is 10.2 Å². The molecule has 0 radical (unpaired) electrons. The van der Waals surface area contributed by atoms with Crippen molar-refractivity contribution in [3.8, 4) is 11.6 Å². The Morgan fingerprint density at radius 1 is 1.08 bits per heavy atom. The molecule has 1 N–H and O–H groups in total. The Morgan fingerprint density at radius 2 is 1.84 bits per heavy atom. The summed E-state index contributed by atoms with van der Waals surface area (Å²) in [5.41, 5.74) is 1.59. The lowest BCUT2D eigenvalue weighted by molar-refractivity contribution is -0.142. The van der Waals surface area contributed by atoms with Gasteiger partial charge in [-0.05, 0) is 60.4 Å². The van der Waals surface area contributed by atoms with E-state index >= 15 is 0 Å². The second-order valence-electron chi connectivity index (χ2n) is 9.23. The molecule has 1 aliphatic carbocycles. The van der Waals surface area contributed by atoms with Crippen LogP contribution in [-0.2, 0) is 22.7 Å². The molecule has 4 aromatic rings. The maximum absolute atomic E-state index is 13.8. The van der Waals surface area contributed by atoms with E-state index in [1.165, 1.54) is 4.80 Å². The largest absolute Gasteiger partial charge is 0.458 e. The second-order valence-corrected chi connectivity index (χ2v) is 9.23. The lowest BCUT2D eigenvalue weighted by atomic mass is 10.0. The van der Waals surface area contributed by atoms with Crippen molar-refractivity contribution in [1.82, 2.24) is 35.4 Å². The van der Waals surface area contributed by atoms with E-state index in [1.807, 2.05) is 43.3 Å². The molecule has 3 aromatic heterocycles. The lowest BCUT2D eigenvalue weighted by Gasteiger charge is -2.32. The maximum atomic E-state index is 13.8. The van der Waals surface area contributed by atoms with Crippen LogP contribution in [0.25, 0.3) is 11.6 Å². The standard InChI is InChI=1S/C27H29N7O3/c1-19-11-12-23(37-19)26-30-32-34(31-26)18-24(35)33(17-20-7-3-2-4-8-20)25(21-13-15-28-16-14-21)27(36)29-22-9-5-6-10-22/h2-4,7-8,11-16,22,25H,5-6,9-10,17-18H2,1H3,(H,29,36)/t25-/m0/s1. The molecule has 0 saturated heterocycles. The first-order chi connectivity index (χ1) is 18.1. The van der Waals surface area contributed by atoms with Crippen molar-refractivity contribution in [2.45, 2.75) is 57.8 Å². The molecule has 3 heterocycles. The van der Waals surface area contributed by atoms with Crippen LogP contribution in [0.15, 0.2) is 71.4 Å². The normalized spacial score (nSPS) is 14.4. The van der Waals surface area contributed by atoms with E-state index in [4.69, 9.17) is 4.42 Å². The second kappa shape index (κ2) is 11.2. The first-order valence-electron chi connectivity index (χ1n) is 12.4. The first-order valence-corrected chi connectivity index (χ1v) is 12.4. The molecule has 0 spiro atoms. The van der Waals surface area contributed by atoms with Crippen LogP contribution < -0.4 is 5.32 Å². The molecular formula is C27H29N7O3. The third-order valence-electron chi connectivity index (χ3n) is 6.49. The van der Waals surface area contributed by atoms with E-state index in [0.717, 1.165) is 37.0 Å². The van der Waals surface area contributed by atoms with Crippen molar-refractivity contribution in [3.05, 3.63) is 83.9 Å². The number of nitrogens with one attached hydrogen (secondary N) is 1. The fourth-order valence-corrected chi connectivity index (χ4v) is 4.65. The minimum absolute atomic E-state index is 0.113. The van der Waals surface area contributed by atoms with Crippen LogP contribution in [0.4, 0.5) is 0 Å². The Labute approximate surface area is 214 Å². The van der Waals surface area contributed by atoms with Crippen LogP contribution >= 0.6 is 0 Å². The van der Waals surface area contributed by atoms with Crippen LogP contribution in [-0.4, -0.2) is 47.9 Å². The number of pyridine rings is 1. The van der Waals surface area contributed by atoms with Crippen molar-refractivity contribution in [3.63, 3.8) is 0 Å². The molecule has 2 amide bonds. The van der Waals surface area contributed by atoms with Gasteiger partial charge in [0.25, 0.3) is 0 Å². The number of carbonyl (C=O) groups is 2. The Bertz CT molecular complexity index is 1330. The first kappa shape index (κ1) is 24.4. The van der Waals surface area contributed by atoms with Crippen molar-refractivity contribution in [1.29, 1.82) is 0 Å². The Morgan fingerprint density at radius 3 is 2.54 bits per heavy atom. The third-order valence-corrected chi connectivity index (χ3v) is 6.49. The van der Waals surface area contributed by atoms with Gasteiger partial charge in [0.05, 0.1) is 0 Å². The monoisotopic (exact) mass is 499 g/mol. The fraction of sp³-hybridized carbons (Fsp3) is 0.333. The number of aromatic nitrogens is 5. The molecule has 1 aliphatic rings. The van der Waals surface area contributed by atoms with E-state index in [2.05, 4.69) is 25.7 Å². The smallest absolute Gasteiger partial charge is 0.247 e. The van der Waals surface area contributed by atoms with Gasteiger partial charge in [0.1, 0.15) is 18.3 Å². The lowest BCUT2D eigenvalue weighted by Crippen LogP contribution is -2.46. The summed E-state index contributed by atoms with van der Waals surface area (Å²) in [7, 11) is 0. The number of benzene rings is 1. The molecule has 10 heteroatoms. The minimum atomic E-state index is -0.841. The molecule has 1 aromatic carbocycles. The molecule has 1 saturated carbocycles. The fourth-order valence-electron chi connectivity index (χ4n) is 4.65. The summed E-state index contributed by atoms with van der Waals surface area (Å²) in [4.78, 5) is 34.4. The molecule has 0 bridgehead atoms. The Balaban J connectivity index is 1.45. The molecule has 190 valence electrons. The molecule has 0 aliphatic heterocycles. The van der Waals surface area contributed by atoms with Gasteiger partial charge in [0, 0.05) is 25.0 Å². The molecule has 10 nitrogen and oxygen atoms in total. The highest BCUT2D eigenvalue weighted by atomic mass is 16.3. The van der Waals surface area contributed by atoms with Crippen molar-refractivity contribution < 1.29 is 14.0 Å². The highest BCUT2D eigenvalue weighted by Gasteiger charge is 2.33. The summed E-state index contributed by atoms with van der Waals surface area (Å²) >= 11 is 0. The number of nitrogens with zero attached hydrogens (tertiary/aromatic N) is 6. The van der Waals surface area contributed by atoms with Gasteiger partial charge in [0.2, 0.25) is 17.6 Å². The minimum Gasteiger partial charge on any atom is -0.458 e. The summed E-state index contributed by atoms with van der Waals surface area (Å²) < 4.78 is 5.57. The SMILES string of the molecule is Cc1ccc(-c2nnn(CC(=O)N(Cc3ccccc3)[C@H](C(=O)NC3CCCC3)c3ccncc3)n2)o1. The van der Waals surface area contributed by atoms with Crippen LogP contribution in [0.5, 0.6) is 0 Å². The average molecular weight is 500 g/mol. The number of aryl methyl sites for hydroxylation is 1. The van der Waals surface area contributed by atoms with Gasteiger partial charge in [-0.25, -0.2) is 0 Å². The molecule has 37 heavy (non-hydrogen) atoms. The van der Waals surface area contributed by atoms with Gasteiger partial charge in [0.15, 0.2) is 5.76 Å². The number of hydrogen-bond acceptors (Lipinski definition) is 7. The number of furan rings is 1. The van der Waals surface area contributed by atoms with Crippen molar-refractivity contribution in [2.75, 3.05) is 0 Å². The van der Waals surface area contributed by atoms with Gasteiger partial charge in [-0.2, -0.15) is 4.80 Å². The molecule has 1 fully saturated rings. The zero-order valence-corrected chi connectivity index (χ0v) is 20.7. The Kier molecular flexibility index (Phi) is 7.34. The topological polar surface area (TPSA) is 119 Å². The average Bonchev–Trinajstić information content (AvgIpc) is 3.68. The van der Waals surface area contributed by atoms with Gasteiger partial charge in [-0.1, -0.05) is 43.2 Å². The van der Waals surface area contributed by atoms with E-state index in [-0.39, 0.29) is 30.9 Å². The van der Waals surface area contributed by atoms with Crippen molar-refractivity contribution in [2.24, 2.45) is 0 Å². The molecule has 0 unspecified atom stereocenters. The number of rotatable bonds is 9. The number of tetrazole rings is 1. The van der Waals surface area contributed by atoms with Gasteiger partial charge < -0.3 is 14.6 Å². The van der Waals surface area contributed by atoms with Crippen LogP contribution in [0.3, 0.4) is 0 Å². The number of amides is 2. The number of hydrogen-bond donors (Lipinski definition) is 1. The van der Waals surface area contributed by atoms with E-state index in [9.17, 15) is 9.59 Å². The maximum Gasteiger partial charge on any atom is 0.247 e. The van der Waals surface area contributed by atoms with Crippen LogP contribution in [0, 0.1) is 6.92 Å². The highest BCUT2D eigenvalue weighted by molar-refractivity contribution is 5.88. The zero-order chi connectivity index (χ0) is 25.6. The quantitative estimate of drug-likeness (QED) is 0.374. The predicted molar refractivity (Wildman–Crippen MR) is 135 cm³/mol. The zero-order valence-electron chi connectivity index (χ0n) is 20.7. The van der Waals surface area contributed by atoms with Crippen LogP contribution in [0.2, 0.25) is 0 Å². The predicted octanol–water partition coefficient (Wildman–Crippen LogP) is 3.47. The Hall–Kier alpha value is -4.34. The van der Waals surface area contributed by atoms with Gasteiger partial charge in [-0.3, -0.25) is 14.6 Å². The molecular weight excluding hydrogens is 470 g/mol. The summed E-state index contributed by atoms with van der Waals surface area (Å²) in [5.74, 6) is 0.973. The number of carbonyl (C=O) groups excluding carboxylic acids is 2. The van der Waals surface area contributed by atoms with E-state index in [1.54, 1.807) is 35.5 Å². The highest BCUT2D eigenvalue weighted by Crippen LogP contribution is 2.26. The summed E-state index contributed by atoms with van der Waals surface area (Å²) in [6, 6.07) is 16.0. The summed E-state index contributed by atoms with van der Waals surface area (Å²) in [6.45, 7) is 1.89. The summed E-state index contributed by atoms with van der Waals surface area (Å²) in [6.07, 6.45) is 7.33. The third kappa shape index (κ3) is 5.91. The van der Waals surface area contributed by atoms with E-state index < -0.39 is 6.04 Å². The molecule has 1 atom stereocenters. The van der Waals surface area contributed by atoms with Gasteiger partial charge >= 0.3 is 0 Å². The van der Waals surface area contributed by atoms with E-state index in [0.29, 0.717) is 17.1 Å². The van der Waals surface area contributed by atoms with Crippen LogP contribution in [0.1, 0.15) is 48.6 Å². The molecule has 5 rings (SSSR count). The summed E-state index contributed by atoms with van der Waals surface area (Å²) in [5, 5.41) is 15.6. The van der Waals surface area contributed by atoms with Crippen molar-refractivity contribution >= 4 is 11.8 Å².